The van der Waals surface area contributed by atoms with Crippen LogP contribution < -0.4 is 0 Å². The van der Waals surface area contributed by atoms with Gasteiger partial charge in [0.05, 0.1) is 0 Å². The third-order valence-corrected chi connectivity index (χ3v) is 4.35. The lowest BCUT2D eigenvalue weighted by molar-refractivity contribution is 1.25. The zero-order chi connectivity index (χ0) is 12.3. The summed E-state index contributed by atoms with van der Waals surface area (Å²) in [5.74, 6) is 1.02. The second-order valence-electron chi connectivity index (χ2n) is 4.19. The maximum atomic E-state index is 3.50. The molecule has 0 bridgehead atoms. The first-order chi connectivity index (χ1) is 8.15. The fourth-order valence-corrected chi connectivity index (χ4v) is 3.15. The minimum absolute atomic E-state index is 1.02. The van der Waals surface area contributed by atoms with Crippen molar-refractivity contribution in [2.75, 3.05) is 0 Å². The largest absolute Gasteiger partial charge is 0.121 e. The summed E-state index contributed by atoms with van der Waals surface area (Å²) < 4.78 is 1.15. The molecule has 2 aromatic rings. The summed E-state index contributed by atoms with van der Waals surface area (Å²) in [5.41, 5.74) is 4.05. The zero-order valence-electron chi connectivity index (χ0n) is 10.0. The van der Waals surface area contributed by atoms with Crippen molar-refractivity contribution in [3.05, 3.63) is 63.6 Å². The third kappa shape index (κ3) is 3.62. The Balaban J connectivity index is 2.07. The molecule has 17 heavy (non-hydrogen) atoms. The highest BCUT2D eigenvalue weighted by Gasteiger charge is 2.00. The van der Waals surface area contributed by atoms with Gasteiger partial charge in [-0.2, -0.15) is 0 Å². The number of rotatable bonds is 3. The summed E-state index contributed by atoms with van der Waals surface area (Å²) in [6, 6.07) is 15.1. The van der Waals surface area contributed by atoms with E-state index in [1.165, 1.54) is 21.6 Å². The van der Waals surface area contributed by atoms with E-state index in [0.29, 0.717) is 0 Å². The SMILES string of the molecule is Cc1ccc(SCc2cccc(Br)c2)c(C)c1. The van der Waals surface area contributed by atoms with E-state index in [9.17, 15) is 0 Å². The van der Waals surface area contributed by atoms with Gasteiger partial charge in [-0.15, -0.1) is 11.8 Å². The number of hydrogen-bond donors (Lipinski definition) is 0. The monoisotopic (exact) mass is 306 g/mol. The Morgan fingerprint density at radius 3 is 2.59 bits per heavy atom. The lowest BCUT2D eigenvalue weighted by atomic mass is 10.2. The predicted octanol–water partition coefficient (Wildman–Crippen LogP) is 5.36. The highest BCUT2D eigenvalue weighted by atomic mass is 79.9. The van der Waals surface area contributed by atoms with Crippen LogP contribution in [0.15, 0.2) is 51.8 Å². The van der Waals surface area contributed by atoms with Crippen LogP contribution in [0, 0.1) is 13.8 Å². The van der Waals surface area contributed by atoms with Crippen molar-refractivity contribution < 1.29 is 0 Å². The van der Waals surface area contributed by atoms with Gasteiger partial charge in [-0.1, -0.05) is 45.8 Å². The van der Waals surface area contributed by atoms with Crippen molar-refractivity contribution >= 4 is 27.7 Å². The molecule has 0 atom stereocenters. The van der Waals surface area contributed by atoms with Gasteiger partial charge in [0.1, 0.15) is 0 Å². The predicted molar refractivity (Wildman–Crippen MR) is 79.6 cm³/mol. The second kappa shape index (κ2) is 5.74. The number of aryl methyl sites for hydroxylation is 2. The Labute approximate surface area is 116 Å². The molecule has 2 aromatic carbocycles. The lowest BCUT2D eigenvalue weighted by Crippen LogP contribution is -1.84. The fourth-order valence-electron chi connectivity index (χ4n) is 1.75. The van der Waals surface area contributed by atoms with Crippen LogP contribution in [0.25, 0.3) is 0 Å². The molecular weight excluding hydrogens is 292 g/mol. The normalized spacial score (nSPS) is 10.5. The number of halogens is 1. The van der Waals surface area contributed by atoms with Crippen LogP contribution in [0.5, 0.6) is 0 Å². The van der Waals surface area contributed by atoms with E-state index >= 15 is 0 Å². The highest BCUT2D eigenvalue weighted by Crippen LogP contribution is 2.27. The van der Waals surface area contributed by atoms with Crippen molar-refractivity contribution in [3.8, 4) is 0 Å². The van der Waals surface area contributed by atoms with Crippen LogP contribution in [-0.2, 0) is 5.75 Å². The standard InChI is InChI=1S/C15H15BrS/c1-11-6-7-15(12(2)8-11)17-10-13-4-3-5-14(16)9-13/h3-9H,10H2,1-2H3. The Kier molecular flexibility index (Phi) is 4.30. The molecule has 2 rings (SSSR count). The van der Waals surface area contributed by atoms with E-state index in [0.717, 1.165) is 10.2 Å². The molecule has 0 amide bonds. The van der Waals surface area contributed by atoms with Gasteiger partial charge in [-0.05, 0) is 43.2 Å². The lowest BCUT2D eigenvalue weighted by Gasteiger charge is -2.07. The Hall–Kier alpha value is -0.730. The van der Waals surface area contributed by atoms with Crippen molar-refractivity contribution in [1.82, 2.24) is 0 Å². The molecule has 0 spiro atoms. The summed E-state index contributed by atoms with van der Waals surface area (Å²) >= 11 is 5.40. The summed E-state index contributed by atoms with van der Waals surface area (Å²) in [6.07, 6.45) is 0. The van der Waals surface area contributed by atoms with Crippen LogP contribution >= 0.6 is 27.7 Å². The van der Waals surface area contributed by atoms with Gasteiger partial charge in [0, 0.05) is 15.1 Å². The minimum Gasteiger partial charge on any atom is -0.121 e. The van der Waals surface area contributed by atoms with E-state index in [4.69, 9.17) is 0 Å². The molecule has 0 aliphatic rings. The van der Waals surface area contributed by atoms with E-state index in [1.807, 2.05) is 11.8 Å². The zero-order valence-corrected chi connectivity index (χ0v) is 12.4. The number of benzene rings is 2. The maximum absolute atomic E-state index is 3.50. The van der Waals surface area contributed by atoms with Crippen molar-refractivity contribution in [2.24, 2.45) is 0 Å². The Morgan fingerprint density at radius 2 is 1.88 bits per heavy atom. The van der Waals surface area contributed by atoms with Crippen LogP contribution in [0.4, 0.5) is 0 Å². The summed E-state index contributed by atoms with van der Waals surface area (Å²) in [4.78, 5) is 1.37. The molecule has 0 saturated carbocycles. The maximum Gasteiger partial charge on any atom is 0.0232 e. The first-order valence-corrected chi connectivity index (χ1v) is 7.37. The van der Waals surface area contributed by atoms with Gasteiger partial charge >= 0.3 is 0 Å². The smallest absolute Gasteiger partial charge is 0.0232 e. The quantitative estimate of drug-likeness (QED) is 0.688. The van der Waals surface area contributed by atoms with E-state index in [-0.39, 0.29) is 0 Å². The molecular formula is C15H15BrS. The highest BCUT2D eigenvalue weighted by molar-refractivity contribution is 9.10. The minimum atomic E-state index is 1.02. The van der Waals surface area contributed by atoms with Crippen molar-refractivity contribution in [3.63, 3.8) is 0 Å². The fraction of sp³-hybridized carbons (Fsp3) is 0.200. The first kappa shape index (κ1) is 12.7. The van der Waals surface area contributed by atoms with Crippen LogP contribution in [-0.4, -0.2) is 0 Å². The second-order valence-corrected chi connectivity index (χ2v) is 6.12. The Morgan fingerprint density at radius 1 is 1.06 bits per heavy atom. The molecule has 0 aliphatic carbocycles. The molecule has 0 unspecified atom stereocenters. The van der Waals surface area contributed by atoms with Crippen molar-refractivity contribution in [2.45, 2.75) is 24.5 Å². The van der Waals surface area contributed by atoms with Gasteiger partial charge in [-0.25, -0.2) is 0 Å². The van der Waals surface area contributed by atoms with Gasteiger partial charge < -0.3 is 0 Å². The van der Waals surface area contributed by atoms with Gasteiger partial charge in [0.15, 0.2) is 0 Å². The van der Waals surface area contributed by atoms with Crippen molar-refractivity contribution in [1.29, 1.82) is 0 Å². The van der Waals surface area contributed by atoms with Crippen LogP contribution in [0.1, 0.15) is 16.7 Å². The van der Waals surface area contributed by atoms with E-state index in [2.05, 4.69) is 72.2 Å². The van der Waals surface area contributed by atoms with Crippen LogP contribution in [0.2, 0.25) is 0 Å². The molecule has 0 radical (unpaired) electrons. The summed E-state index contributed by atoms with van der Waals surface area (Å²) in [6.45, 7) is 4.31. The third-order valence-electron chi connectivity index (χ3n) is 2.61. The first-order valence-electron chi connectivity index (χ1n) is 5.59. The summed E-state index contributed by atoms with van der Waals surface area (Å²) in [5, 5.41) is 0. The van der Waals surface area contributed by atoms with Gasteiger partial charge in [0.2, 0.25) is 0 Å². The molecule has 2 heteroatoms. The van der Waals surface area contributed by atoms with Crippen LogP contribution in [0.3, 0.4) is 0 Å². The average Bonchev–Trinajstić information content (AvgIpc) is 2.28. The molecule has 0 nitrogen and oxygen atoms in total. The number of hydrogen-bond acceptors (Lipinski definition) is 1. The molecule has 0 aliphatic heterocycles. The molecule has 0 heterocycles. The topological polar surface area (TPSA) is 0 Å². The van der Waals surface area contributed by atoms with Gasteiger partial charge in [0.25, 0.3) is 0 Å². The molecule has 0 fully saturated rings. The number of thioether (sulfide) groups is 1. The summed E-state index contributed by atoms with van der Waals surface area (Å²) in [7, 11) is 0. The molecule has 0 aromatic heterocycles. The Bertz CT molecular complexity index is 520. The van der Waals surface area contributed by atoms with E-state index in [1.54, 1.807) is 0 Å². The van der Waals surface area contributed by atoms with Gasteiger partial charge in [-0.3, -0.25) is 0 Å². The average molecular weight is 307 g/mol. The molecule has 0 N–H and O–H groups in total. The molecule has 0 saturated heterocycles. The van der Waals surface area contributed by atoms with E-state index < -0.39 is 0 Å². The molecule has 88 valence electrons.